The zero-order chi connectivity index (χ0) is 8.53. The van der Waals surface area contributed by atoms with Crippen LogP contribution in [-0.4, -0.2) is 0 Å². The standard InChI is InChI=1S/C7H12.C4H10.CH4/c1-7-5-3-2-4-6-7;1-3-4-2;/h5H,2-4,6H2,1H3;3-4H2,1-2H3;1H4. The van der Waals surface area contributed by atoms with E-state index in [1.807, 2.05) is 0 Å². The summed E-state index contributed by atoms with van der Waals surface area (Å²) in [6.07, 6.45) is 10.5. The molecule has 0 unspecified atom stereocenters. The lowest BCUT2D eigenvalue weighted by Gasteiger charge is -2.05. The van der Waals surface area contributed by atoms with Crippen LogP contribution in [0.3, 0.4) is 0 Å². The Morgan fingerprint density at radius 2 is 1.75 bits per heavy atom. The van der Waals surface area contributed by atoms with Crippen LogP contribution < -0.4 is 0 Å². The molecule has 0 bridgehead atoms. The van der Waals surface area contributed by atoms with E-state index < -0.39 is 0 Å². The fourth-order valence-corrected chi connectivity index (χ4v) is 0.999. The normalized spacial score (nSPS) is 15.1. The first-order valence-electron chi connectivity index (χ1n) is 4.96. The summed E-state index contributed by atoms with van der Waals surface area (Å²) in [5, 5.41) is 0. The molecule has 1 aliphatic carbocycles. The minimum absolute atomic E-state index is 0. The SMILES string of the molecule is C.CC1=CCCCC1.CCCC. The van der Waals surface area contributed by atoms with E-state index in [0.717, 1.165) is 0 Å². The van der Waals surface area contributed by atoms with Crippen molar-refractivity contribution in [1.82, 2.24) is 0 Å². The van der Waals surface area contributed by atoms with Crippen LogP contribution in [0.5, 0.6) is 0 Å². The van der Waals surface area contributed by atoms with Crippen LogP contribution in [0.1, 0.15) is 66.7 Å². The van der Waals surface area contributed by atoms with Crippen LogP contribution in [0.4, 0.5) is 0 Å². The molecular weight excluding hydrogens is 144 g/mol. The van der Waals surface area contributed by atoms with Gasteiger partial charge in [0.2, 0.25) is 0 Å². The second-order valence-corrected chi connectivity index (χ2v) is 3.30. The fourth-order valence-electron chi connectivity index (χ4n) is 0.999. The molecule has 1 aliphatic rings. The van der Waals surface area contributed by atoms with Crippen molar-refractivity contribution in [2.24, 2.45) is 0 Å². The Balaban J connectivity index is 0. The molecule has 12 heavy (non-hydrogen) atoms. The monoisotopic (exact) mass is 170 g/mol. The van der Waals surface area contributed by atoms with Crippen molar-refractivity contribution < 1.29 is 0 Å². The van der Waals surface area contributed by atoms with Gasteiger partial charge in [0.05, 0.1) is 0 Å². The number of allylic oxidation sites excluding steroid dienone is 2. The maximum absolute atomic E-state index is 2.35. The first-order chi connectivity index (χ1) is 5.31. The third kappa shape index (κ3) is 9.74. The molecule has 0 amide bonds. The highest BCUT2D eigenvalue weighted by Crippen LogP contribution is 2.15. The minimum Gasteiger partial charge on any atom is -0.0856 e. The smallest absolute Gasteiger partial charge is 0.0323 e. The second-order valence-electron chi connectivity index (χ2n) is 3.30. The van der Waals surface area contributed by atoms with Crippen LogP contribution in [-0.2, 0) is 0 Å². The summed E-state index contributed by atoms with van der Waals surface area (Å²) in [7, 11) is 0. The molecule has 0 heteroatoms. The van der Waals surface area contributed by atoms with Crippen molar-refractivity contribution in [2.45, 2.75) is 66.7 Å². The largest absolute Gasteiger partial charge is 0.0856 e. The summed E-state index contributed by atoms with van der Waals surface area (Å²) in [6.45, 7) is 6.58. The average molecular weight is 170 g/mol. The van der Waals surface area contributed by atoms with E-state index in [4.69, 9.17) is 0 Å². The van der Waals surface area contributed by atoms with Gasteiger partial charge in [-0.1, -0.05) is 45.8 Å². The number of hydrogen-bond acceptors (Lipinski definition) is 0. The highest BCUT2D eigenvalue weighted by Gasteiger charge is 1.95. The lowest BCUT2D eigenvalue weighted by molar-refractivity contribution is 0.702. The first kappa shape index (κ1) is 14.3. The van der Waals surface area contributed by atoms with Crippen LogP contribution in [0.15, 0.2) is 11.6 Å². The third-order valence-corrected chi connectivity index (χ3v) is 2.02. The van der Waals surface area contributed by atoms with Crippen LogP contribution in [0, 0.1) is 0 Å². The quantitative estimate of drug-likeness (QED) is 0.488. The van der Waals surface area contributed by atoms with Gasteiger partial charge in [0.1, 0.15) is 0 Å². The molecule has 0 radical (unpaired) electrons. The molecule has 0 atom stereocenters. The van der Waals surface area contributed by atoms with Gasteiger partial charge in [-0.2, -0.15) is 0 Å². The lowest BCUT2D eigenvalue weighted by Crippen LogP contribution is -1.85. The summed E-state index contributed by atoms with van der Waals surface area (Å²) in [5.74, 6) is 0. The van der Waals surface area contributed by atoms with E-state index in [9.17, 15) is 0 Å². The summed E-state index contributed by atoms with van der Waals surface area (Å²) in [5.41, 5.74) is 1.59. The molecule has 0 aromatic carbocycles. The van der Waals surface area contributed by atoms with E-state index >= 15 is 0 Å². The van der Waals surface area contributed by atoms with E-state index in [0.29, 0.717) is 0 Å². The van der Waals surface area contributed by atoms with Crippen molar-refractivity contribution >= 4 is 0 Å². The summed E-state index contributed by atoms with van der Waals surface area (Å²) in [4.78, 5) is 0. The van der Waals surface area contributed by atoms with Crippen molar-refractivity contribution in [3.05, 3.63) is 11.6 Å². The molecule has 0 fully saturated rings. The van der Waals surface area contributed by atoms with E-state index in [1.165, 1.54) is 38.5 Å². The molecule has 0 saturated heterocycles. The zero-order valence-electron chi connectivity index (χ0n) is 8.32. The van der Waals surface area contributed by atoms with Gasteiger partial charge in [0, 0.05) is 0 Å². The topological polar surface area (TPSA) is 0 Å². The van der Waals surface area contributed by atoms with Crippen molar-refractivity contribution in [3.63, 3.8) is 0 Å². The highest BCUT2D eigenvalue weighted by atomic mass is 14.0. The molecule has 0 N–H and O–H groups in total. The van der Waals surface area contributed by atoms with E-state index in [2.05, 4.69) is 26.8 Å². The molecule has 1 rings (SSSR count). The minimum atomic E-state index is 0. The Hall–Kier alpha value is -0.260. The van der Waals surface area contributed by atoms with Crippen molar-refractivity contribution in [3.8, 4) is 0 Å². The molecule has 0 spiro atoms. The highest BCUT2D eigenvalue weighted by molar-refractivity contribution is 5.00. The van der Waals surface area contributed by atoms with Gasteiger partial charge in [-0.05, 0) is 32.6 Å². The molecule has 0 aromatic heterocycles. The number of rotatable bonds is 1. The third-order valence-electron chi connectivity index (χ3n) is 2.02. The summed E-state index contributed by atoms with van der Waals surface area (Å²) >= 11 is 0. The predicted octanol–water partition coefficient (Wildman–Crippen LogP) is 4.95. The van der Waals surface area contributed by atoms with Gasteiger partial charge in [-0.3, -0.25) is 0 Å². The Kier molecular flexibility index (Phi) is 12.8. The number of hydrogen-bond donors (Lipinski definition) is 0. The second kappa shape index (κ2) is 10.7. The maximum atomic E-state index is 2.35. The molecular formula is C12H26. The maximum Gasteiger partial charge on any atom is -0.0323 e. The summed E-state index contributed by atoms with van der Waals surface area (Å²) in [6, 6.07) is 0. The van der Waals surface area contributed by atoms with Crippen LogP contribution in [0.25, 0.3) is 0 Å². The average Bonchev–Trinajstić information content (AvgIpc) is 2.07. The van der Waals surface area contributed by atoms with E-state index in [1.54, 1.807) is 5.57 Å². The van der Waals surface area contributed by atoms with E-state index in [-0.39, 0.29) is 7.43 Å². The Morgan fingerprint density at radius 1 is 1.17 bits per heavy atom. The summed E-state index contributed by atoms with van der Waals surface area (Å²) < 4.78 is 0. The Labute approximate surface area is 79.1 Å². The van der Waals surface area contributed by atoms with Gasteiger partial charge in [-0.15, -0.1) is 0 Å². The van der Waals surface area contributed by atoms with Gasteiger partial charge in [-0.25, -0.2) is 0 Å². The first-order valence-corrected chi connectivity index (χ1v) is 4.96. The van der Waals surface area contributed by atoms with Gasteiger partial charge in [0.25, 0.3) is 0 Å². The molecule has 0 aliphatic heterocycles. The predicted molar refractivity (Wildman–Crippen MR) is 59.5 cm³/mol. The Bertz CT molecular complexity index is 98.6. The fraction of sp³-hybridized carbons (Fsp3) is 0.833. The molecule has 0 saturated carbocycles. The number of unbranched alkanes of at least 4 members (excludes halogenated alkanes) is 1. The molecule has 0 heterocycles. The molecule has 0 aromatic rings. The lowest BCUT2D eigenvalue weighted by atomic mass is 10.0. The van der Waals surface area contributed by atoms with Crippen molar-refractivity contribution in [1.29, 1.82) is 0 Å². The van der Waals surface area contributed by atoms with Gasteiger partial charge < -0.3 is 0 Å². The van der Waals surface area contributed by atoms with Crippen molar-refractivity contribution in [2.75, 3.05) is 0 Å². The molecule has 74 valence electrons. The van der Waals surface area contributed by atoms with Crippen LogP contribution >= 0.6 is 0 Å². The zero-order valence-corrected chi connectivity index (χ0v) is 8.32. The van der Waals surface area contributed by atoms with Gasteiger partial charge in [0.15, 0.2) is 0 Å². The molecule has 0 nitrogen and oxygen atoms in total. The van der Waals surface area contributed by atoms with Gasteiger partial charge >= 0.3 is 0 Å². The van der Waals surface area contributed by atoms with Crippen LogP contribution in [0.2, 0.25) is 0 Å². The Morgan fingerprint density at radius 3 is 1.92 bits per heavy atom.